The Morgan fingerprint density at radius 3 is 1.26 bits per heavy atom. The summed E-state index contributed by atoms with van der Waals surface area (Å²) in [6.45, 7) is 0. The van der Waals surface area contributed by atoms with Crippen LogP contribution >= 0.6 is 0 Å². The largest absolute Gasteiger partial charge is 0.355 e. The number of anilines is 2. The number of fused-ring (bicyclic) bond motifs is 13. The van der Waals surface area contributed by atoms with Gasteiger partial charge >= 0.3 is 0 Å². The van der Waals surface area contributed by atoms with Gasteiger partial charge in [0.05, 0.1) is 5.41 Å². The van der Waals surface area contributed by atoms with Gasteiger partial charge in [-0.15, -0.1) is 0 Å². The summed E-state index contributed by atoms with van der Waals surface area (Å²) >= 11 is 0. The van der Waals surface area contributed by atoms with Gasteiger partial charge in [-0.3, -0.25) is 0 Å². The van der Waals surface area contributed by atoms with Crippen molar-refractivity contribution in [1.29, 1.82) is 0 Å². The second-order valence-corrected chi connectivity index (χ2v) is 14.6. The van der Waals surface area contributed by atoms with Crippen molar-refractivity contribution >= 4 is 33.2 Å². The topological polar surface area (TPSA) is 27.8 Å². The summed E-state index contributed by atoms with van der Waals surface area (Å²) in [4.78, 5) is 3.38. The molecule has 1 spiro atoms. The fourth-order valence-electron chi connectivity index (χ4n) is 8.97. The fraction of sp³-hybridized carbons (Fsp3) is 0.0182. The molecule has 0 bridgehead atoms. The van der Waals surface area contributed by atoms with Crippen LogP contribution in [0.5, 0.6) is 0 Å². The van der Waals surface area contributed by atoms with Crippen LogP contribution in [0.4, 0.5) is 11.4 Å². The Balaban J connectivity index is 0.000000170. The summed E-state index contributed by atoms with van der Waals surface area (Å²) in [6.07, 6.45) is 0. The van der Waals surface area contributed by atoms with Crippen LogP contribution in [0.3, 0.4) is 0 Å². The van der Waals surface area contributed by atoms with Crippen LogP contribution in [0.2, 0.25) is 0 Å². The minimum absolute atomic E-state index is 0.324. The molecule has 10 aromatic rings. The van der Waals surface area contributed by atoms with E-state index >= 15 is 0 Å². The first kappa shape index (κ1) is 34.1. The van der Waals surface area contributed by atoms with E-state index < -0.39 is 0 Å². The molecule has 270 valence electrons. The van der Waals surface area contributed by atoms with Gasteiger partial charge in [-0.05, 0) is 80.4 Å². The van der Waals surface area contributed by atoms with Crippen molar-refractivity contribution in [2.45, 2.75) is 5.41 Å². The standard InChI is InChI=1S/C37H25N.C12H9N.C6H6/c1-2-12-25(13-3-1)27-14-7-11-21-36(27)38-26-22-23-31-30-17-6-10-20-34(30)37(35(31)24-26)32-18-8-4-15-28(32)29-16-5-9-19-33(29)37;1-3-7-11-9(5-1)10-6-2-4-8-12(10)13-11;1-2-4-6-5-3-1/h1-24,38H;1-8,13H;1-6H. The Morgan fingerprint density at radius 1 is 0.316 bits per heavy atom. The van der Waals surface area contributed by atoms with Crippen LogP contribution in [0.15, 0.2) is 231 Å². The predicted octanol–water partition coefficient (Wildman–Crippen LogP) is 14.4. The van der Waals surface area contributed by atoms with Crippen LogP contribution in [0.1, 0.15) is 22.3 Å². The van der Waals surface area contributed by atoms with Gasteiger partial charge in [0.2, 0.25) is 0 Å². The lowest BCUT2D eigenvalue weighted by Crippen LogP contribution is -2.25. The summed E-state index contributed by atoms with van der Waals surface area (Å²) in [7, 11) is 0. The SMILES string of the molecule is c1ccc(-c2ccccc2Nc2ccc3c(c2)C2(c4ccccc4-c4ccccc42)c2ccccc2-3)cc1.c1ccc2c(c1)[nH]c1ccccc12.c1ccccc1. The number of rotatable bonds is 3. The van der Waals surface area contributed by atoms with Crippen LogP contribution in [0, 0.1) is 0 Å². The average Bonchev–Trinajstić information content (AvgIpc) is 3.92. The van der Waals surface area contributed by atoms with Crippen molar-refractivity contribution in [2.24, 2.45) is 0 Å². The van der Waals surface area contributed by atoms with Crippen molar-refractivity contribution in [1.82, 2.24) is 4.98 Å². The molecule has 0 amide bonds. The number of hydrogen-bond acceptors (Lipinski definition) is 1. The molecule has 2 heteroatoms. The number of aromatic amines is 1. The zero-order valence-electron chi connectivity index (χ0n) is 31.4. The Kier molecular flexibility index (Phi) is 8.78. The first-order valence-corrected chi connectivity index (χ1v) is 19.6. The van der Waals surface area contributed by atoms with Crippen molar-refractivity contribution in [2.75, 3.05) is 5.32 Å². The molecule has 2 nitrogen and oxygen atoms in total. The summed E-state index contributed by atoms with van der Waals surface area (Å²) < 4.78 is 0. The normalized spacial score (nSPS) is 12.4. The maximum Gasteiger partial charge on any atom is 0.0726 e. The van der Waals surface area contributed by atoms with Gasteiger partial charge in [-0.2, -0.15) is 0 Å². The van der Waals surface area contributed by atoms with Crippen molar-refractivity contribution in [3.8, 4) is 33.4 Å². The van der Waals surface area contributed by atoms with E-state index in [0.29, 0.717) is 0 Å². The number of para-hydroxylation sites is 3. The lowest BCUT2D eigenvalue weighted by atomic mass is 9.70. The maximum absolute atomic E-state index is 3.78. The van der Waals surface area contributed by atoms with Gasteiger partial charge in [-0.1, -0.05) is 200 Å². The molecule has 0 radical (unpaired) electrons. The van der Waals surface area contributed by atoms with Gasteiger partial charge < -0.3 is 10.3 Å². The van der Waals surface area contributed by atoms with Gasteiger partial charge in [-0.25, -0.2) is 0 Å². The molecule has 0 unspecified atom stereocenters. The van der Waals surface area contributed by atoms with Crippen LogP contribution in [-0.2, 0) is 5.41 Å². The molecule has 12 rings (SSSR count). The van der Waals surface area contributed by atoms with Crippen LogP contribution in [0.25, 0.3) is 55.2 Å². The lowest BCUT2D eigenvalue weighted by molar-refractivity contribution is 0.794. The molecule has 0 aliphatic heterocycles. The number of hydrogen-bond donors (Lipinski definition) is 2. The molecule has 0 saturated carbocycles. The highest BCUT2D eigenvalue weighted by Crippen LogP contribution is 2.63. The molecule has 0 saturated heterocycles. The van der Waals surface area contributed by atoms with E-state index in [1.54, 1.807) is 0 Å². The van der Waals surface area contributed by atoms with E-state index in [4.69, 9.17) is 0 Å². The third-order valence-electron chi connectivity index (χ3n) is 11.4. The fourth-order valence-corrected chi connectivity index (χ4v) is 8.97. The van der Waals surface area contributed by atoms with Gasteiger partial charge in [0.1, 0.15) is 0 Å². The van der Waals surface area contributed by atoms with Gasteiger partial charge in [0, 0.05) is 38.7 Å². The molecule has 57 heavy (non-hydrogen) atoms. The first-order chi connectivity index (χ1) is 28.3. The highest BCUT2D eigenvalue weighted by molar-refractivity contribution is 6.07. The molecule has 2 aliphatic carbocycles. The third kappa shape index (κ3) is 5.91. The second-order valence-electron chi connectivity index (χ2n) is 14.6. The highest BCUT2D eigenvalue weighted by Gasteiger charge is 2.51. The average molecular weight is 729 g/mol. The molecule has 1 heterocycles. The first-order valence-electron chi connectivity index (χ1n) is 19.6. The Morgan fingerprint density at radius 2 is 0.719 bits per heavy atom. The molecule has 2 N–H and O–H groups in total. The smallest absolute Gasteiger partial charge is 0.0726 e. The quantitative estimate of drug-likeness (QED) is 0.186. The second kappa shape index (κ2) is 14.7. The van der Waals surface area contributed by atoms with Crippen LogP contribution in [-0.4, -0.2) is 4.98 Å². The highest BCUT2D eigenvalue weighted by atomic mass is 14.9. The molecular formula is C55H40N2. The molecule has 0 fully saturated rings. The van der Waals surface area contributed by atoms with Gasteiger partial charge in [0.25, 0.3) is 0 Å². The van der Waals surface area contributed by atoms with Gasteiger partial charge in [0.15, 0.2) is 0 Å². The number of benzene rings is 9. The maximum atomic E-state index is 3.78. The number of aromatic nitrogens is 1. The zero-order valence-corrected chi connectivity index (χ0v) is 31.4. The minimum Gasteiger partial charge on any atom is -0.355 e. The lowest BCUT2D eigenvalue weighted by Gasteiger charge is -2.30. The van der Waals surface area contributed by atoms with E-state index in [1.807, 2.05) is 36.4 Å². The molecule has 1 aromatic heterocycles. The zero-order chi connectivity index (χ0) is 38.0. The van der Waals surface area contributed by atoms with Crippen LogP contribution < -0.4 is 5.32 Å². The molecule has 0 atom stereocenters. The summed E-state index contributed by atoms with van der Waals surface area (Å²) in [6, 6.07) is 81.7. The monoisotopic (exact) mass is 728 g/mol. The molecule has 9 aromatic carbocycles. The summed E-state index contributed by atoms with van der Waals surface area (Å²) in [5.41, 5.74) is 17.5. The summed E-state index contributed by atoms with van der Waals surface area (Å²) in [5, 5.41) is 6.39. The van der Waals surface area contributed by atoms with Crippen molar-refractivity contribution in [3.63, 3.8) is 0 Å². The summed E-state index contributed by atoms with van der Waals surface area (Å²) in [5.74, 6) is 0. The van der Waals surface area contributed by atoms with E-state index in [9.17, 15) is 0 Å². The van der Waals surface area contributed by atoms with E-state index in [2.05, 4.69) is 204 Å². The predicted molar refractivity (Wildman–Crippen MR) is 240 cm³/mol. The molecule has 2 aliphatic rings. The Labute approximate surface area is 333 Å². The van der Waals surface area contributed by atoms with Crippen molar-refractivity contribution < 1.29 is 0 Å². The minimum atomic E-state index is -0.324. The Hall–Kier alpha value is -7.42. The van der Waals surface area contributed by atoms with E-state index in [0.717, 1.165) is 11.4 Å². The van der Waals surface area contributed by atoms with E-state index in [1.165, 1.54) is 77.4 Å². The molecular weight excluding hydrogens is 689 g/mol. The van der Waals surface area contributed by atoms with E-state index in [-0.39, 0.29) is 5.41 Å². The number of H-pyrrole nitrogens is 1. The van der Waals surface area contributed by atoms with Crippen molar-refractivity contribution in [3.05, 3.63) is 253 Å². The Bertz CT molecular complexity index is 2850. The number of nitrogens with one attached hydrogen (secondary N) is 2. The third-order valence-corrected chi connectivity index (χ3v) is 11.4.